The SMILES string of the molecule is CCCNC(=O)C(C)Nc1cncc(C(=O)OC)n1. The molecule has 0 fully saturated rings. The first kappa shape index (κ1) is 14.9. The fourth-order valence-electron chi connectivity index (χ4n) is 1.33. The summed E-state index contributed by atoms with van der Waals surface area (Å²) in [4.78, 5) is 30.9. The zero-order valence-electron chi connectivity index (χ0n) is 11.3. The summed E-state index contributed by atoms with van der Waals surface area (Å²) in [5, 5.41) is 5.64. The van der Waals surface area contributed by atoms with E-state index >= 15 is 0 Å². The van der Waals surface area contributed by atoms with Crippen LogP contribution in [0.1, 0.15) is 30.8 Å². The van der Waals surface area contributed by atoms with Crippen molar-refractivity contribution in [3.63, 3.8) is 0 Å². The van der Waals surface area contributed by atoms with Crippen molar-refractivity contribution in [3.05, 3.63) is 18.1 Å². The van der Waals surface area contributed by atoms with Crippen molar-refractivity contribution >= 4 is 17.7 Å². The molecule has 2 N–H and O–H groups in total. The van der Waals surface area contributed by atoms with Gasteiger partial charge in [-0.1, -0.05) is 6.92 Å². The average Bonchev–Trinajstić information content (AvgIpc) is 2.44. The Bertz CT molecular complexity index is 450. The molecule has 1 aromatic heterocycles. The van der Waals surface area contributed by atoms with Crippen molar-refractivity contribution < 1.29 is 14.3 Å². The van der Waals surface area contributed by atoms with E-state index in [1.165, 1.54) is 19.5 Å². The molecule has 0 saturated heterocycles. The molecular formula is C12H18N4O3. The molecule has 1 amide bonds. The van der Waals surface area contributed by atoms with Crippen LogP contribution in [0.2, 0.25) is 0 Å². The lowest BCUT2D eigenvalue weighted by molar-refractivity contribution is -0.121. The van der Waals surface area contributed by atoms with E-state index in [0.717, 1.165) is 6.42 Å². The van der Waals surface area contributed by atoms with E-state index < -0.39 is 12.0 Å². The maximum atomic E-state index is 11.7. The third-order valence-corrected chi connectivity index (χ3v) is 2.34. The van der Waals surface area contributed by atoms with Gasteiger partial charge in [-0.2, -0.15) is 0 Å². The summed E-state index contributed by atoms with van der Waals surface area (Å²) in [6.45, 7) is 4.31. The molecule has 1 heterocycles. The van der Waals surface area contributed by atoms with Gasteiger partial charge in [-0.05, 0) is 13.3 Å². The van der Waals surface area contributed by atoms with Crippen molar-refractivity contribution in [2.75, 3.05) is 19.0 Å². The second-order valence-corrected chi connectivity index (χ2v) is 3.94. The van der Waals surface area contributed by atoms with E-state index in [2.05, 4.69) is 25.3 Å². The second-order valence-electron chi connectivity index (χ2n) is 3.94. The monoisotopic (exact) mass is 266 g/mol. The number of hydrogen-bond acceptors (Lipinski definition) is 6. The van der Waals surface area contributed by atoms with E-state index in [9.17, 15) is 9.59 Å². The molecule has 0 saturated carbocycles. The van der Waals surface area contributed by atoms with Crippen LogP contribution in [0.4, 0.5) is 5.82 Å². The summed E-state index contributed by atoms with van der Waals surface area (Å²) in [5.74, 6) is -0.353. The Morgan fingerprint density at radius 1 is 1.42 bits per heavy atom. The number of nitrogens with zero attached hydrogens (tertiary/aromatic N) is 2. The van der Waals surface area contributed by atoms with Gasteiger partial charge in [0.05, 0.1) is 19.5 Å². The first-order valence-corrected chi connectivity index (χ1v) is 6.03. The Hall–Kier alpha value is -2.18. The van der Waals surface area contributed by atoms with Gasteiger partial charge in [0.15, 0.2) is 5.69 Å². The number of rotatable bonds is 6. The Kier molecular flexibility index (Phi) is 5.72. The first-order valence-electron chi connectivity index (χ1n) is 6.03. The third kappa shape index (κ3) is 4.53. The maximum absolute atomic E-state index is 11.7. The van der Waals surface area contributed by atoms with Gasteiger partial charge in [0.2, 0.25) is 5.91 Å². The Balaban J connectivity index is 2.66. The molecule has 7 heteroatoms. The number of nitrogens with one attached hydrogen (secondary N) is 2. The summed E-state index contributed by atoms with van der Waals surface area (Å²) in [5.41, 5.74) is 0.0914. The number of carbonyl (C=O) groups excluding carboxylic acids is 2. The molecule has 1 aromatic rings. The van der Waals surface area contributed by atoms with Crippen molar-refractivity contribution in [3.8, 4) is 0 Å². The summed E-state index contributed by atoms with van der Waals surface area (Å²) in [7, 11) is 1.27. The highest BCUT2D eigenvalue weighted by Crippen LogP contribution is 2.05. The number of hydrogen-bond donors (Lipinski definition) is 2. The van der Waals surface area contributed by atoms with Crippen LogP contribution in [0.3, 0.4) is 0 Å². The molecular weight excluding hydrogens is 248 g/mol. The normalized spacial score (nSPS) is 11.5. The third-order valence-electron chi connectivity index (χ3n) is 2.34. The number of esters is 1. The fraction of sp³-hybridized carbons (Fsp3) is 0.500. The van der Waals surface area contributed by atoms with Gasteiger partial charge in [-0.15, -0.1) is 0 Å². The Morgan fingerprint density at radius 2 is 2.16 bits per heavy atom. The largest absolute Gasteiger partial charge is 0.464 e. The average molecular weight is 266 g/mol. The van der Waals surface area contributed by atoms with Crippen molar-refractivity contribution in [1.82, 2.24) is 15.3 Å². The molecule has 1 unspecified atom stereocenters. The molecule has 0 aliphatic carbocycles. The van der Waals surface area contributed by atoms with Gasteiger partial charge in [0.25, 0.3) is 0 Å². The van der Waals surface area contributed by atoms with E-state index in [0.29, 0.717) is 12.4 Å². The molecule has 0 bridgehead atoms. The number of carbonyl (C=O) groups is 2. The highest BCUT2D eigenvalue weighted by molar-refractivity contribution is 5.87. The zero-order chi connectivity index (χ0) is 14.3. The molecule has 1 atom stereocenters. The number of amides is 1. The van der Waals surface area contributed by atoms with Crippen LogP contribution < -0.4 is 10.6 Å². The van der Waals surface area contributed by atoms with Crippen LogP contribution >= 0.6 is 0 Å². The van der Waals surface area contributed by atoms with Crippen LogP contribution in [-0.4, -0.2) is 41.5 Å². The topological polar surface area (TPSA) is 93.2 Å². The van der Waals surface area contributed by atoms with E-state index in [1.54, 1.807) is 6.92 Å². The van der Waals surface area contributed by atoms with Crippen LogP contribution in [0.15, 0.2) is 12.4 Å². The Morgan fingerprint density at radius 3 is 2.79 bits per heavy atom. The number of anilines is 1. The summed E-state index contributed by atoms with van der Waals surface area (Å²) in [6.07, 6.45) is 3.62. The molecule has 0 aromatic carbocycles. The van der Waals surface area contributed by atoms with E-state index in [-0.39, 0.29) is 11.6 Å². The molecule has 0 aliphatic heterocycles. The fourth-order valence-corrected chi connectivity index (χ4v) is 1.33. The van der Waals surface area contributed by atoms with Gasteiger partial charge in [-0.25, -0.2) is 9.78 Å². The van der Waals surface area contributed by atoms with Gasteiger partial charge < -0.3 is 15.4 Å². The van der Waals surface area contributed by atoms with Crippen LogP contribution in [0.25, 0.3) is 0 Å². The van der Waals surface area contributed by atoms with Gasteiger partial charge >= 0.3 is 5.97 Å². The minimum Gasteiger partial charge on any atom is -0.464 e. The molecule has 0 aliphatic rings. The predicted octanol–water partition coefficient (Wildman–Crippen LogP) is 0.590. The Labute approximate surface area is 111 Å². The minimum atomic E-state index is -0.570. The molecule has 104 valence electrons. The van der Waals surface area contributed by atoms with Crippen LogP contribution in [0, 0.1) is 0 Å². The standard InChI is InChI=1S/C12H18N4O3/c1-4-5-14-11(17)8(2)15-10-7-13-6-9(16-10)12(18)19-3/h6-8H,4-5H2,1-3H3,(H,14,17)(H,15,16). The quantitative estimate of drug-likeness (QED) is 0.732. The second kappa shape index (κ2) is 7.30. The van der Waals surface area contributed by atoms with E-state index in [4.69, 9.17) is 0 Å². The summed E-state index contributed by atoms with van der Waals surface area (Å²) in [6, 6.07) is -0.464. The van der Waals surface area contributed by atoms with E-state index in [1.807, 2.05) is 6.92 Å². The van der Waals surface area contributed by atoms with Gasteiger partial charge in [0, 0.05) is 6.54 Å². The van der Waals surface area contributed by atoms with Crippen molar-refractivity contribution in [1.29, 1.82) is 0 Å². The van der Waals surface area contributed by atoms with Crippen LogP contribution in [-0.2, 0) is 9.53 Å². The zero-order valence-corrected chi connectivity index (χ0v) is 11.3. The molecule has 0 radical (unpaired) electrons. The van der Waals surface area contributed by atoms with Gasteiger partial charge in [-0.3, -0.25) is 9.78 Å². The van der Waals surface area contributed by atoms with Crippen LogP contribution in [0.5, 0.6) is 0 Å². The summed E-state index contributed by atoms with van der Waals surface area (Å²) < 4.78 is 4.55. The lowest BCUT2D eigenvalue weighted by Crippen LogP contribution is -2.38. The number of ether oxygens (including phenoxy) is 1. The molecule has 7 nitrogen and oxygen atoms in total. The summed E-state index contributed by atoms with van der Waals surface area (Å²) >= 11 is 0. The van der Waals surface area contributed by atoms with Crippen molar-refractivity contribution in [2.24, 2.45) is 0 Å². The highest BCUT2D eigenvalue weighted by atomic mass is 16.5. The molecule has 0 spiro atoms. The lowest BCUT2D eigenvalue weighted by atomic mass is 10.3. The maximum Gasteiger partial charge on any atom is 0.358 e. The predicted molar refractivity (Wildman–Crippen MR) is 69.8 cm³/mol. The molecule has 19 heavy (non-hydrogen) atoms. The molecule has 1 rings (SSSR count). The first-order chi connectivity index (χ1) is 9.08. The highest BCUT2D eigenvalue weighted by Gasteiger charge is 2.14. The number of methoxy groups -OCH3 is 1. The number of aromatic nitrogens is 2. The minimum absolute atomic E-state index is 0.0914. The van der Waals surface area contributed by atoms with Gasteiger partial charge in [0.1, 0.15) is 11.9 Å². The van der Waals surface area contributed by atoms with Crippen molar-refractivity contribution in [2.45, 2.75) is 26.3 Å². The lowest BCUT2D eigenvalue weighted by Gasteiger charge is -2.14. The smallest absolute Gasteiger partial charge is 0.358 e.